The predicted molar refractivity (Wildman–Crippen MR) is 73.7 cm³/mol. The highest BCUT2D eigenvalue weighted by Gasteiger charge is 2.07. The molecule has 0 aliphatic heterocycles. The van der Waals surface area contributed by atoms with Crippen molar-refractivity contribution in [3.05, 3.63) is 40.0 Å². The van der Waals surface area contributed by atoms with E-state index in [1.165, 1.54) is 0 Å². The molecule has 2 aromatic rings. The molecule has 18 heavy (non-hydrogen) atoms. The molecule has 0 spiro atoms. The summed E-state index contributed by atoms with van der Waals surface area (Å²) in [6.45, 7) is 4.01. The number of rotatable bonds is 3. The summed E-state index contributed by atoms with van der Waals surface area (Å²) in [4.78, 5) is 15.4. The highest BCUT2D eigenvalue weighted by atomic mass is 35.5. The molecule has 1 aromatic heterocycles. The first-order valence-corrected chi connectivity index (χ1v) is 6.20. The number of amides is 1. The summed E-state index contributed by atoms with van der Waals surface area (Å²) in [5.74, 6) is -0.303. The van der Waals surface area contributed by atoms with Crippen LogP contribution in [-0.4, -0.2) is 10.9 Å². The standard InChI is InChI=1S/C14H15ClN2O/c1-8-6-11(3-4-13(16)18)17-14-9(2)5-10(15)7-12(8)14/h5-7H,3-4H2,1-2H3,(H2,16,18). The number of carbonyl (C=O) groups is 1. The number of benzene rings is 1. The van der Waals surface area contributed by atoms with Crippen LogP contribution in [0.15, 0.2) is 18.2 Å². The van der Waals surface area contributed by atoms with E-state index >= 15 is 0 Å². The molecule has 0 fully saturated rings. The number of primary amides is 1. The van der Waals surface area contributed by atoms with Crippen LogP contribution >= 0.6 is 11.6 Å². The van der Waals surface area contributed by atoms with Gasteiger partial charge >= 0.3 is 0 Å². The zero-order valence-corrected chi connectivity index (χ0v) is 11.2. The van der Waals surface area contributed by atoms with Gasteiger partial charge in [0.05, 0.1) is 5.52 Å². The molecule has 0 aliphatic rings. The number of nitrogens with two attached hydrogens (primary N) is 1. The Morgan fingerprint density at radius 2 is 2.00 bits per heavy atom. The molecule has 0 unspecified atom stereocenters. The van der Waals surface area contributed by atoms with E-state index < -0.39 is 0 Å². The largest absolute Gasteiger partial charge is 0.370 e. The van der Waals surface area contributed by atoms with Gasteiger partial charge in [0.15, 0.2) is 0 Å². The van der Waals surface area contributed by atoms with Crippen LogP contribution in [0.1, 0.15) is 23.2 Å². The van der Waals surface area contributed by atoms with Crippen LogP contribution in [0.4, 0.5) is 0 Å². The Bertz CT molecular complexity index is 623. The van der Waals surface area contributed by atoms with Crippen molar-refractivity contribution in [3.8, 4) is 0 Å². The predicted octanol–water partition coefficient (Wildman–Crippen LogP) is 2.92. The molecule has 0 radical (unpaired) electrons. The van der Waals surface area contributed by atoms with Gasteiger partial charge in [-0.2, -0.15) is 0 Å². The molecule has 0 bridgehead atoms. The van der Waals surface area contributed by atoms with Crippen molar-refractivity contribution in [2.75, 3.05) is 0 Å². The number of aromatic nitrogens is 1. The monoisotopic (exact) mass is 262 g/mol. The van der Waals surface area contributed by atoms with E-state index in [-0.39, 0.29) is 5.91 Å². The number of hydrogen-bond donors (Lipinski definition) is 1. The quantitative estimate of drug-likeness (QED) is 0.925. The third kappa shape index (κ3) is 2.62. The maximum absolute atomic E-state index is 10.8. The molecule has 1 amide bonds. The summed E-state index contributed by atoms with van der Waals surface area (Å²) >= 11 is 6.05. The number of aryl methyl sites for hydroxylation is 3. The Balaban J connectivity index is 2.51. The van der Waals surface area contributed by atoms with Gasteiger partial charge in [0.25, 0.3) is 0 Å². The first-order valence-electron chi connectivity index (χ1n) is 5.82. The maximum Gasteiger partial charge on any atom is 0.217 e. The van der Waals surface area contributed by atoms with Crippen LogP contribution in [0.3, 0.4) is 0 Å². The molecule has 94 valence electrons. The fraction of sp³-hybridized carbons (Fsp3) is 0.286. The molecule has 1 aromatic carbocycles. The SMILES string of the molecule is Cc1cc(CCC(N)=O)nc2c(C)cc(Cl)cc12. The number of fused-ring (bicyclic) bond motifs is 1. The number of carbonyl (C=O) groups excluding carboxylic acids is 1. The van der Waals surface area contributed by atoms with Gasteiger partial charge in [-0.25, -0.2) is 0 Å². The Morgan fingerprint density at radius 3 is 2.67 bits per heavy atom. The van der Waals surface area contributed by atoms with Crippen LogP contribution in [0, 0.1) is 13.8 Å². The number of halogens is 1. The third-order valence-electron chi connectivity index (χ3n) is 2.96. The molecule has 0 aliphatic carbocycles. The summed E-state index contributed by atoms with van der Waals surface area (Å²) in [6, 6.07) is 5.80. The number of nitrogens with zero attached hydrogens (tertiary/aromatic N) is 1. The minimum Gasteiger partial charge on any atom is -0.370 e. The Hall–Kier alpha value is -1.61. The van der Waals surface area contributed by atoms with Crippen LogP contribution in [0.5, 0.6) is 0 Å². The fourth-order valence-electron chi connectivity index (χ4n) is 2.07. The van der Waals surface area contributed by atoms with Crippen molar-refractivity contribution in [2.45, 2.75) is 26.7 Å². The molecule has 3 nitrogen and oxygen atoms in total. The molecule has 1 heterocycles. The molecule has 0 saturated carbocycles. The molecule has 0 saturated heterocycles. The van der Waals surface area contributed by atoms with E-state index in [0.717, 1.165) is 32.7 Å². The average Bonchev–Trinajstić information content (AvgIpc) is 2.28. The van der Waals surface area contributed by atoms with Gasteiger partial charge in [-0.15, -0.1) is 0 Å². The number of hydrogen-bond acceptors (Lipinski definition) is 2. The second-order valence-electron chi connectivity index (χ2n) is 4.52. The lowest BCUT2D eigenvalue weighted by Gasteiger charge is -2.08. The Labute approximate surface area is 111 Å². The summed E-state index contributed by atoms with van der Waals surface area (Å²) in [6.07, 6.45) is 0.902. The second-order valence-corrected chi connectivity index (χ2v) is 4.95. The van der Waals surface area contributed by atoms with Gasteiger partial charge < -0.3 is 5.73 Å². The van der Waals surface area contributed by atoms with Gasteiger partial charge in [0, 0.05) is 22.5 Å². The highest BCUT2D eigenvalue weighted by Crippen LogP contribution is 2.25. The normalized spacial score (nSPS) is 10.8. The van der Waals surface area contributed by atoms with Gasteiger partial charge in [-0.3, -0.25) is 9.78 Å². The van der Waals surface area contributed by atoms with Gasteiger partial charge in [0.2, 0.25) is 5.91 Å². The van der Waals surface area contributed by atoms with Gasteiger partial charge in [-0.1, -0.05) is 11.6 Å². The van der Waals surface area contributed by atoms with Crippen molar-refractivity contribution in [2.24, 2.45) is 5.73 Å². The van der Waals surface area contributed by atoms with Crippen molar-refractivity contribution >= 4 is 28.4 Å². The minimum atomic E-state index is -0.303. The number of pyridine rings is 1. The maximum atomic E-state index is 10.8. The highest BCUT2D eigenvalue weighted by molar-refractivity contribution is 6.31. The Kier molecular flexibility index (Phi) is 3.53. The van der Waals surface area contributed by atoms with Crippen LogP contribution in [0.2, 0.25) is 5.02 Å². The summed E-state index contributed by atoms with van der Waals surface area (Å²) < 4.78 is 0. The molecular formula is C14H15ClN2O. The van der Waals surface area contributed by atoms with E-state index in [0.29, 0.717) is 12.8 Å². The van der Waals surface area contributed by atoms with E-state index in [2.05, 4.69) is 4.98 Å². The van der Waals surface area contributed by atoms with Crippen LogP contribution in [-0.2, 0) is 11.2 Å². The first kappa shape index (κ1) is 12.8. The van der Waals surface area contributed by atoms with E-state index in [4.69, 9.17) is 17.3 Å². The zero-order chi connectivity index (χ0) is 13.3. The van der Waals surface area contributed by atoms with Gasteiger partial charge in [0.1, 0.15) is 0 Å². The van der Waals surface area contributed by atoms with Crippen molar-refractivity contribution < 1.29 is 4.79 Å². The third-order valence-corrected chi connectivity index (χ3v) is 3.17. The molecule has 2 rings (SSSR count). The smallest absolute Gasteiger partial charge is 0.217 e. The summed E-state index contributed by atoms with van der Waals surface area (Å²) in [7, 11) is 0. The van der Waals surface area contributed by atoms with E-state index in [1.54, 1.807) is 0 Å². The topological polar surface area (TPSA) is 56.0 Å². The minimum absolute atomic E-state index is 0.303. The lowest BCUT2D eigenvalue weighted by Crippen LogP contribution is -2.11. The zero-order valence-electron chi connectivity index (χ0n) is 10.5. The van der Waals surface area contributed by atoms with Gasteiger partial charge in [-0.05, 0) is 49.6 Å². The van der Waals surface area contributed by atoms with Crippen molar-refractivity contribution in [1.29, 1.82) is 0 Å². The average molecular weight is 263 g/mol. The van der Waals surface area contributed by atoms with Crippen molar-refractivity contribution in [3.63, 3.8) is 0 Å². The van der Waals surface area contributed by atoms with Crippen LogP contribution < -0.4 is 5.73 Å². The fourth-order valence-corrected chi connectivity index (χ4v) is 2.34. The molecule has 4 heteroatoms. The summed E-state index contributed by atoms with van der Waals surface area (Å²) in [5.41, 5.74) is 9.15. The van der Waals surface area contributed by atoms with Crippen LogP contribution in [0.25, 0.3) is 10.9 Å². The van der Waals surface area contributed by atoms with E-state index in [1.807, 2.05) is 32.0 Å². The second kappa shape index (κ2) is 4.94. The van der Waals surface area contributed by atoms with Crippen molar-refractivity contribution in [1.82, 2.24) is 4.98 Å². The molecular weight excluding hydrogens is 248 g/mol. The lowest BCUT2D eigenvalue weighted by atomic mass is 10.0. The lowest BCUT2D eigenvalue weighted by molar-refractivity contribution is -0.118. The Morgan fingerprint density at radius 1 is 1.28 bits per heavy atom. The summed E-state index contributed by atoms with van der Waals surface area (Å²) in [5, 5.41) is 1.78. The van der Waals surface area contributed by atoms with E-state index in [9.17, 15) is 4.79 Å². The molecule has 2 N–H and O–H groups in total. The molecule has 0 atom stereocenters. The first-order chi connectivity index (χ1) is 8.47.